The van der Waals surface area contributed by atoms with E-state index in [4.69, 9.17) is 11.6 Å². The average Bonchev–Trinajstić information content (AvgIpc) is 2.19. The highest BCUT2D eigenvalue weighted by molar-refractivity contribution is 7.99. The summed E-state index contributed by atoms with van der Waals surface area (Å²) in [5, 5.41) is 4.29. The van der Waals surface area contributed by atoms with E-state index in [0.29, 0.717) is 0 Å². The van der Waals surface area contributed by atoms with Crippen LogP contribution in [0, 0.1) is 0 Å². The van der Waals surface area contributed by atoms with Gasteiger partial charge in [-0.3, -0.25) is 0 Å². The quantitative estimate of drug-likeness (QED) is 0.627. The number of hydrogen-bond acceptors (Lipinski definition) is 2. The second-order valence-electron chi connectivity index (χ2n) is 4.83. The highest BCUT2D eigenvalue weighted by Gasteiger charge is 2.06. The molecule has 0 saturated carbocycles. The largest absolute Gasteiger partial charge is 0.312 e. The van der Waals surface area contributed by atoms with E-state index in [0.717, 1.165) is 17.3 Å². The molecule has 0 aliphatic carbocycles. The van der Waals surface area contributed by atoms with Crippen LogP contribution < -0.4 is 5.32 Å². The minimum atomic E-state index is 0.227. The third kappa shape index (κ3) is 6.41. The van der Waals surface area contributed by atoms with Crippen LogP contribution in [0.15, 0.2) is 29.2 Å². The van der Waals surface area contributed by atoms with Gasteiger partial charge in [0.2, 0.25) is 0 Å². The van der Waals surface area contributed by atoms with Crippen LogP contribution in [0.1, 0.15) is 27.2 Å². The Kier molecular flexibility index (Phi) is 5.67. The van der Waals surface area contributed by atoms with Gasteiger partial charge >= 0.3 is 0 Å². The zero-order valence-electron chi connectivity index (χ0n) is 10.2. The van der Waals surface area contributed by atoms with Crippen molar-refractivity contribution in [2.24, 2.45) is 0 Å². The Morgan fingerprint density at radius 3 is 2.38 bits per heavy atom. The van der Waals surface area contributed by atoms with Crippen LogP contribution >= 0.6 is 23.4 Å². The Morgan fingerprint density at radius 1 is 1.19 bits per heavy atom. The lowest BCUT2D eigenvalue weighted by molar-refractivity contribution is 0.427. The fourth-order valence-electron chi connectivity index (χ4n) is 1.26. The van der Waals surface area contributed by atoms with E-state index in [9.17, 15) is 0 Å². The van der Waals surface area contributed by atoms with E-state index >= 15 is 0 Å². The van der Waals surface area contributed by atoms with Crippen molar-refractivity contribution in [3.63, 3.8) is 0 Å². The molecule has 0 atom stereocenters. The number of rotatable bonds is 5. The molecule has 1 rings (SSSR count). The van der Waals surface area contributed by atoms with Crippen LogP contribution in [0.5, 0.6) is 0 Å². The van der Waals surface area contributed by atoms with Gasteiger partial charge in [0.25, 0.3) is 0 Å². The maximum atomic E-state index is 5.83. The molecule has 0 aliphatic heterocycles. The number of nitrogens with one attached hydrogen (secondary N) is 1. The Bertz CT molecular complexity index is 303. The maximum Gasteiger partial charge on any atom is 0.0406 e. The van der Waals surface area contributed by atoms with Crippen molar-refractivity contribution < 1.29 is 0 Å². The highest BCUT2D eigenvalue weighted by atomic mass is 35.5. The first-order valence-electron chi connectivity index (χ1n) is 5.61. The summed E-state index contributed by atoms with van der Waals surface area (Å²) >= 11 is 7.71. The molecule has 1 aromatic carbocycles. The molecule has 0 bridgehead atoms. The van der Waals surface area contributed by atoms with E-state index in [-0.39, 0.29) is 5.54 Å². The first-order chi connectivity index (χ1) is 7.47. The van der Waals surface area contributed by atoms with Gasteiger partial charge in [0.05, 0.1) is 0 Å². The molecule has 16 heavy (non-hydrogen) atoms. The molecule has 3 heteroatoms. The summed E-state index contributed by atoms with van der Waals surface area (Å²) < 4.78 is 0. The van der Waals surface area contributed by atoms with Gasteiger partial charge in [-0.05, 0) is 63.8 Å². The number of hydrogen-bond donors (Lipinski definition) is 1. The molecule has 1 nitrogen and oxygen atoms in total. The van der Waals surface area contributed by atoms with Gasteiger partial charge < -0.3 is 5.32 Å². The molecule has 1 N–H and O–H groups in total. The Labute approximate surface area is 108 Å². The van der Waals surface area contributed by atoms with Crippen LogP contribution in [-0.4, -0.2) is 17.8 Å². The van der Waals surface area contributed by atoms with Gasteiger partial charge in [-0.15, -0.1) is 11.8 Å². The topological polar surface area (TPSA) is 12.0 Å². The Balaban J connectivity index is 2.14. The molecule has 0 saturated heterocycles. The summed E-state index contributed by atoms with van der Waals surface area (Å²) in [5.41, 5.74) is 0.227. The molecule has 0 heterocycles. The molecule has 1 aromatic rings. The molecule has 0 radical (unpaired) electrons. The summed E-state index contributed by atoms with van der Waals surface area (Å²) in [6, 6.07) is 8.03. The van der Waals surface area contributed by atoms with Crippen molar-refractivity contribution in [3.8, 4) is 0 Å². The average molecular weight is 258 g/mol. The first-order valence-corrected chi connectivity index (χ1v) is 6.97. The molecular weight excluding hydrogens is 238 g/mol. The van der Waals surface area contributed by atoms with Gasteiger partial charge in [-0.2, -0.15) is 0 Å². The molecule has 0 spiro atoms. The molecule has 0 fully saturated rings. The smallest absolute Gasteiger partial charge is 0.0406 e. The zero-order chi connectivity index (χ0) is 12.0. The number of halogens is 1. The van der Waals surface area contributed by atoms with E-state index in [2.05, 4.69) is 38.2 Å². The van der Waals surface area contributed by atoms with Crippen molar-refractivity contribution in [2.75, 3.05) is 12.3 Å². The lowest BCUT2D eigenvalue weighted by atomic mass is 10.1. The molecule has 0 aliphatic rings. The first kappa shape index (κ1) is 13.9. The third-order valence-corrected chi connectivity index (χ3v) is 3.41. The summed E-state index contributed by atoms with van der Waals surface area (Å²) in [5.74, 6) is 1.14. The number of thioether (sulfide) groups is 1. The second-order valence-corrected chi connectivity index (χ2v) is 6.44. The third-order valence-electron chi connectivity index (χ3n) is 2.06. The summed E-state index contributed by atoms with van der Waals surface area (Å²) in [4.78, 5) is 1.29. The second kappa shape index (κ2) is 6.53. The maximum absolute atomic E-state index is 5.83. The van der Waals surface area contributed by atoms with E-state index in [1.165, 1.54) is 11.3 Å². The minimum Gasteiger partial charge on any atom is -0.312 e. The lowest BCUT2D eigenvalue weighted by Crippen LogP contribution is -2.36. The van der Waals surface area contributed by atoms with Crippen molar-refractivity contribution in [1.29, 1.82) is 0 Å². The van der Waals surface area contributed by atoms with Crippen LogP contribution in [0.25, 0.3) is 0 Å². The normalized spacial score (nSPS) is 11.8. The van der Waals surface area contributed by atoms with E-state index < -0.39 is 0 Å². The van der Waals surface area contributed by atoms with Crippen LogP contribution in [-0.2, 0) is 0 Å². The standard InChI is InChI=1S/C13H20ClNS/c1-13(2,3)15-9-4-10-16-12-7-5-11(14)6-8-12/h5-8,15H,4,9-10H2,1-3H3. The number of benzene rings is 1. The minimum absolute atomic E-state index is 0.227. The van der Waals surface area contributed by atoms with Gasteiger partial charge in [-0.25, -0.2) is 0 Å². The fraction of sp³-hybridized carbons (Fsp3) is 0.538. The monoisotopic (exact) mass is 257 g/mol. The van der Waals surface area contributed by atoms with Gasteiger partial charge in [0, 0.05) is 15.5 Å². The predicted molar refractivity (Wildman–Crippen MR) is 74.5 cm³/mol. The van der Waals surface area contributed by atoms with Crippen LogP contribution in [0.2, 0.25) is 5.02 Å². The summed E-state index contributed by atoms with van der Waals surface area (Å²) in [7, 11) is 0. The van der Waals surface area contributed by atoms with Crippen molar-refractivity contribution in [3.05, 3.63) is 29.3 Å². The van der Waals surface area contributed by atoms with Crippen LogP contribution in [0.4, 0.5) is 0 Å². The summed E-state index contributed by atoms with van der Waals surface area (Å²) in [6.45, 7) is 7.65. The molecule has 90 valence electrons. The lowest BCUT2D eigenvalue weighted by Gasteiger charge is -2.20. The van der Waals surface area contributed by atoms with E-state index in [1.807, 2.05) is 23.9 Å². The molecule has 0 amide bonds. The van der Waals surface area contributed by atoms with Crippen molar-refractivity contribution in [1.82, 2.24) is 5.32 Å². The van der Waals surface area contributed by atoms with Gasteiger partial charge in [-0.1, -0.05) is 11.6 Å². The Morgan fingerprint density at radius 2 is 1.81 bits per heavy atom. The predicted octanol–water partition coefficient (Wildman–Crippen LogP) is 4.21. The molecule has 0 aromatic heterocycles. The summed E-state index contributed by atoms with van der Waals surface area (Å²) in [6.07, 6.45) is 1.19. The van der Waals surface area contributed by atoms with Gasteiger partial charge in [0.1, 0.15) is 0 Å². The van der Waals surface area contributed by atoms with Gasteiger partial charge in [0.15, 0.2) is 0 Å². The van der Waals surface area contributed by atoms with Crippen molar-refractivity contribution in [2.45, 2.75) is 37.6 Å². The highest BCUT2D eigenvalue weighted by Crippen LogP contribution is 2.20. The van der Waals surface area contributed by atoms with Crippen LogP contribution in [0.3, 0.4) is 0 Å². The SMILES string of the molecule is CC(C)(C)NCCCSc1ccc(Cl)cc1. The zero-order valence-corrected chi connectivity index (χ0v) is 11.8. The Hall–Kier alpha value is -0.180. The molecular formula is C13H20ClNS. The molecule has 0 unspecified atom stereocenters. The van der Waals surface area contributed by atoms with Crippen molar-refractivity contribution >= 4 is 23.4 Å². The van der Waals surface area contributed by atoms with E-state index in [1.54, 1.807) is 0 Å². The fourth-order valence-corrected chi connectivity index (χ4v) is 2.24.